The lowest BCUT2D eigenvalue weighted by Crippen LogP contribution is -2.52. The number of fused-ring (bicyclic) bond motifs is 6. The molecule has 123 heavy (non-hydrogen) atoms. The highest BCUT2D eigenvalue weighted by Gasteiger charge is 2.58. The minimum atomic E-state index is -0.785. The topological polar surface area (TPSA) is 195 Å². The third-order valence-corrected chi connectivity index (χ3v) is 29.4. The van der Waals surface area contributed by atoms with E-state index in [2.05, 4.69) is 126 Å². The van der Waals surface area contributed by atoms with Crippen LogP contribution in [0.4, 0.5) is 37.7 Å². The number of aryl methyl sites for hydroxylation is 2. The molecule has 6 saturated heterocycles. The smallest absolute Gasteiger partial charge is 0.237 e. The molecule has 9 aliphatic rings. The number of nitrogens with two attached hydrogens (primary N) is 1. The Morgan fingerprint density at radius 2 is 0.813 bits per heavy atom. The van der Waals surface area contributed by atoms with Crippen LogP contribution in [-0.4, -0.2) is 198 Å². The number of anilines is 2. The average molecular weight is 1740 g/mol. The van der Waals surface area contributed by atoms with Crippen molar-refractivity contribution in [3.05, 3.63) is 198 Å². The molecule has 0 saturated carbocycles. The first kappa shape index (κ1) is 92.3. The molecule has 8 heterocycles. The Morgan fingerprint density at radius 1 is 0.455 bits per heavy atom. The summed E-state index contributed by atoms with van der Waals surface area (Å²) in [6.45, 7) is 37.8. The van der Waals surface area contributed by atoms with Gasteiger partial charge in [-0.15, -0.1) is 0 Å². The van der Waals surface area contributed by atoms with Gasteiger partial charge in [0.15, 0.2) is 0 Å². The monoisotopic (exact) mass is 1740 g/mol. The van der Waals surface area contributed by atoms with Crippen LogP contribution in [0.2, 0.25) is 10.0 Å². The molecule has 1 aliphatic carbocycles. The number of nitrogens with zero attached hydrogens (tertiary/aromatic N) is 8. The van der Waals surface area contributed by atoms with E-state index in [9.17, 15) is 59.9 Å². The zero-order chi connectivity index (χ0) is 89.3. The highest BCUT2D eigenvalue weighted by Crippen LogP contribution is 2.57. The lowest BCUT2D eigenvalue weighted by Gasteiger charge is -2.42. The molecule has 6 fully saturated rings. The first-order chi connectivity index (χ1) is 57.8. The molecule has 6 aromatic carbocycles. The summed E-state index contributed by atoms with van der Waals surface area (Å²) in [5.74, 6) is -6.06. The number of nitrogens with one attached hydrogen (secondary N) is 2. The molecule has 18 nitrogen and oxygen atoms in total. The lowest BCUT2D eigenvalue weighted by molar-refractivity contribution is -0.139. The molecule has 4 N–H and O–H groups in total. The fourth-order valence-corrected chi connectivity index (χ4v) is 21.8. The predicted octanol–water partition coefficient (Wildman–Crippen LogP) is 15.9. The molecule has 0 bridgehead atoms. The molecule has 8 aliphatic heterocycles. The third kappa shape index (κ3) is 18.5. The quantitative estimate of drug-likeness (QED) is 0.0654. The fraction of sp³-hybridized carbons (Fsp3) is 0.557. The van der Waals surface area contributed by atoms with Gasteiger partial charge in [-0.05, 0) is 252 Å². The van der Waals surface area contributed by atoms with Gasteiger partial charge in [0.1, 0.15) is 34.9 Å². The summed E-state index contributed by atoms with van der Waals surface area (Å²) >= 11 is 13.1. The van der Waals surface area contributed by atoms with Crippen LogP contribution in [0.15, 0.2) is 103 Å². The number of rotatable bonds is 15. The largest absolute Gasteiger partial charge is 0.356 e. The van der Waals surface area contributed by atoms with Crippen molar-refractivity contribution in [2.45, 2.75) is 224 Å². The van der Waals surface area contributed by atoms with Crippen molar-refractivity contribution >= 4 is 75.9 Å². The Labute approximate surface area is 731 Å². The van der Waals surface area contributed by atoms with Crippen molar-refractivity contribution in [3.63, 3.8) is 0 Å². The molecule has 1 unspecified atom stereocenters. The minimum absolute atomic E-state index is 0.00474. The van der Waals surface area contributed by atoms with Gasteiger partial charge in [0.05, 0.1) is 28.6 Å². The van der Waals surface area contributed by atoms with Crippen molar-refractivity contribution in [2.24, 2.45) is 23.5 Å². The highest BCUT2D eigenvalue weighted by molar-refractivity contribution is 6.32. The Morgan fingerprint density at radius 3 is 1.15 bits per heavy atom. The first-order valence-electron chi connectivity index (χ1n) is 43.9. The number of carbonyl (C=O) groups is 7. The maximum absolute atomic E-state index is 15.0. The molecule has 3 spiro atoms. The van der Waals surface area contributed by atoms with Gasteiger partial charge in [-0.2, -0.15) is 0 Å². The summed E-state index contributed by atoms with van der Waals surface area (Å²) in [6, 6.07) is 27.3. The standard InChI is InChI=1S/C33H41ClF2N4O3.C33H43F2N3O2.C31H39ClF2N4O2/c1-20-15-29-26(17-27(20)34)33(31(43)40(29)12-6-11-37-21(2)41)9-13-38(14-10-33)30(42)25-19-39(32(3,4)5)18-24(25)23-8-7-22(35)16-28(23)36;1-21(39)36-32(5,6)28-18-33(27-10-8-7-9-24(27)28)13-15-37(16-14-33)30(40)26-20-38(31(2,3)4)19-25(26)23-12-11-22(34)17-29(23)35;1-19-14-27-24(16-25(19)32)31(29(40)38(27)11-5-10-35)8-12-36(13-9-31)28(39)23-18-37(30(2,3)4)17-22(23)21-7-6-20(33)15-26(21)34/h7-8,15-17,24-25H,6,9-14,18-19H2,1-5H3,(H,37,41);7-12,17,25-26,28H,13-16,18-20H2,1-6H3,(H,36,39);6-7,14-16,22-23H,5,8-13,17-18,35H2,1-4H3/t24-,25+;25-,26+,28?;22-,23+/m000/s1. The molecular weight excluding hydrogens is 1620 g/mol. The number of benzene rings is 6. The molecule has 0 radical (unpaired) electrons. The summed E-state index contributed by atoms with van der Waals surface area (Å²) in [7, 11) is 0. The van der Waals surface area contributed by atoms with Crippen molar-refractivity contribution in [2.75, 3.05) is 115 Å². The minimum Gasteiger partial charge on any atom is -0.356 e. The number of likely N-dealkylation sites (tertiary alicyclic amines) is 6. The summed E-state index contributed by atoms with van der Waals surface area (Å²) < 4.78 is 86.0. The van der Waals surface area contributed by atoms with Crippen molar-refractivity contribution < 1.29 is 59.9 Å². The van der Waals surface area contributed by atoms with E-state index >= 15 is 0 Å². The second-order valence-corrected chi connectivity index (χ2v) is 40.5. The van der Waals surface area contributed by atoms with Gasteiger partial charge >= 0.3 is 0 Å². The van der Waals surface area contributed by atoms with Gasteiger partial charge in [-0.3, -0.25) is 48.3 Å². The second kappa shape index (κ2) is 35.8. The van der Waals surface area contributed by atoms with E-state index < -0.39 is 63.5 Å². The van der Waals surface area contributed by atoms with Gasteiger partial charge < -0.3 is 40.9 Å². The Bertz CT molecular complexity index is 5020. The van der Waals surface area contributed by atoms with Gasteiger partial charge in [0, 0.05) is 197 Å². The van der Waals surface area contributed by atoms with Crippen LogP contribution < -0.4 is 26.2 Å². The maximum Gasteiger partial charge on any atom is 0.237 e. The second-order valence-electron chi connectivity index (χ2n) is 39.7. The zero-order valence-electron chi connectivity index (χ0n) is 74.1. The Hall–Kier alpha value is -8.39. The summed E-state index contributed by atoms with van der Waals surface area (Å²) in [4.78, 5) is 109. The van der Waals surface area contributed by atoms with Crippen molar-refractivity contribution in [1.82, 2.24) is 40.0 Å². The summed E-state index contributed by atoms with van der Waals surface area (Å²) in [5, 5.41) is 7.19. The molecule has 664 valence electrons. The molecule has 0 aromatic heterocycles. The Kier molecular flexibility index (Phi) is 26.9. The number of hydrogen-bond donors (Lipinski definition) is 3. The summed E-state index contributed by atoms with van der Waals surface area (Å²) in [5.41, 5.74) is 12.4. The molecule has 7 amide bonds. The predicted molar refractivity (Wildman–Crippen MR) is 470 cm³/mol. The van der Waals surface area contributed by atoms with Crippen LogP contribution in [0.1, 0.15) is 222 Å². The van der Waals surface area contributed by atoms with E-state index in [1.54, 1.807) is 6.92 Å². The van der Waals surface area contributed by atoms with E-state index in [-0.39, 0.29) is 92.6 Å². The van der Waals surface area contributed by atoms with Gasteiger partial charge in [-0.25, -0.2) is 26.3 Å². The van der Waals surface area contributed by atoms with Crippen molar-refractivity contribution in [3.8, 4) is 0 Å². The maximum atomic E-state index is 15.0. The van der Waals surface area contributed by atoms with E-state index in [0.717, 1.165) is 71.1 Å². The van der Waals surface area contributed by atoms with Gasteiger partial charge in [0.25, 0.3) is 0 Å². The van der Waals surface area contributed by atoms with Crippen LogP contribution in [0.5, 0.6) is 0 Å². The molecule has 15 rings (SSSR count). The Balaban J connectivity index is 0.000000159. The molecule has 7 atom stereocenters. The van der Waals surface area contributed by atoms with E-state index in [4.69, 9.17) is 28.9 Å². The fourth-order valence-electron chi connectivity index (χ4n) is 21.5. The first-order valence-corrected chi connectivity index (χ1v) is 44.6. The normalized spacial score (nSPS) is 23.2. The van der Waals surface area contributed by atoms with E-state index in [1.807, 2.05) is 62.6 Å². The number of halogens is 8. The highest BCUT2D eigenvalue weighted by atomic mass is 35.5. The average Bonchev–Trinajstić information content (AvgIpc) is 1.58. The van der Waals surface area contributed by atoms with Crippen molar-refractivity contribution in [1.29, 1.82) is 0 Å². The molecule has 26 heteroatoms. The molecular formula is C97H123Cl2F6N11O7. The third-order valence-electron chi connectivity index (χ3n) is 28.6. The van der Waals surface area contributed by atoms with Gasteiger partial charge in [0.2, 0.25) is 41.4 Å². The van der Waals surface area contributed by atoms with Crippen LogP contribution >= 0.6 is 23.2 Å². The lowest BCUT2D eigenvalue weighted by atomic mass is 9.71. The number of hydrogen-bond acceptors (Lipinski definition) is 11. The number of piperidine rings is 3. The van der Waals surface area contributed by atoms with Crippen LogP contribution in [0.3, 0.4) is 0 Å². The number of amides is 7. The number of carbonyl (C=O) groups excluding carboxylic acids is 7. The summed E-state index contributed by atoms with van der Waals surface area (Å²) in [6.07, 6.45) is 5.85. The molecule has 6 aromatic rings. The van der Waals surface area contributed by atoms with Gasteiger partial charge in [-0.1, -0.05) is 65.7 Å². The SMILES string of the molecule is CC(=O)NC(C)(C)C1CC2(CCN(C(=O)[C@@H]3CN(C(C)(C)C)C[C@H]3c3ccc(F)cc3F)CC2)c2ccccc21.CC(=O)NCCCN1C(=O)C2(CCN(C(=O)[C@@H]3CN(C(C)(C)C)C[C@H]3c3ccc(F)cc3F)CC2)c2cc(Cl)c(C)cc21.Cc1cc2c(cc1Cl)C1(CCN(C(=O)[C@@H]3CN(C(C)(C)C)C[C@H]3c3ccc(F)cc3F)CC1)C(=O)N2CCCN. The van der Waals surface area contributed by atoms with E-state index in [0.29, 0.717) is 170 Å². The van der Waals surface area contributed by atoms with Crippen LogP contribution in [-0.2, 0) is 49.8 Å². The zero-order valence-corrected chi connectivity index (χ0v) is 75.6. The van der Waals surface area contributed by atoms with E-state index in [1.165, 1.54) is 54.4 Å². The van der Waals surface area contributed by atoms with Crippen LogP contribution in [0, 0.1) is 66.5 Å². The van der Waals surface area contributed by atoms with Crippen LogP contribution in [0.25, 0.3) is 0 Å².